The molecule has 0 amide bonds. The van der Waals surface area contributed by atoms with Crippen molar-refractivity contribution in [1.29, 1.82) is 0 Å². The Balaban J connectivity index is 0.00000420. The Morgan fingerprint density at radius 3 is 2.43 bits per heavy atom. The van der Waals surface area contributed by atoms with E-state index in [9.17, 15) is 0 Å². The van der Waals surface area contributed by atoms with Crippen LogP contribution in [0.15, 0.2) is 115 Å². The SMILES string of the molecule is [2H]c1c([2H])c([2H])c(-c2cc(N3[CH-]N(C)c4ccccc43)[c-]c(Oc3[c-]c4c(cc3)c3ccccc3n4-c3cc(C(C)(C)C)ccn3)n2)c([2H])c1[2H].[Pt]. The molecule has 0 aliphatic carbocycles. The molecule has 6 nitrogen and oxygen atoms in total. The van der Waals surface area contributed by atoms with E-state index in [0.29, 0.717) is 11.4 Å². The van der Waals surface area contributed by atoms with Gasteiger partial charge in [0, 0.05) is 49.9 Å². The number of anilines is 3. The van der Waals surface area contributed by atoms with Crippen molar-refractivity contribution in [3.63, 3.8) is 0 Å². The number of nitrogens with zero attached hydrogens (tertiary/aromatic N) is 5. The van der Waals surface area contributed by atoms with Gasteiger partial charge in [0.1, 0.15) is 11.7 Å². The van der Waals surface area contributed by atoms with E-state index in [4.69, 9.17) is 16.6 Å². The second-order valence-corrected chi connectivity index (χ2v) is 12.2. The Morgan fingerprint density at radius 2 is 1.62 bits per heavy atom. The normalized spacial score (nSPS) is 14.3. The third-order valence-corrected chi connectivity index (χ3v) is 8.16. The molecule has 0 N–H and O–H groups in total. The van der Waals surface area contributed by atoms with E-state index in [2.05, 4.69) is 60.7 Å². The molecule has 7 heteroatoms. The molecule has 1 aliphatic rings. The van der Waals surface area contributed by atoms with Crippen LogP contribution in [0.2, 0.25) is 0 Å². The van der Waals surface area contributed by atoms with Gasteiger partial charge in [0.05, 0.1) is 6.85 Å². The largest absolute Gasteiger partial charge is 0.504 e. The molecule has 0 radical (unpaired) electrons. The number of aromatic nitrogens is 3. The average Bonchev–Trinajstić information content (AvgIpc) is 3.64. The minimum atomic E-state index is -0.475. The fourth-order valence-corrected chi connectivity index (χ4v) is 5.87. The Kier molecular flexibility index (Phi) is 6.44. The summed E-state index contributed by atoms with van der Waals surface area (Å²) in [6, 6.07) is 30.2. The zero-order chi connectivity index (χ0) is 35.8. The van der Waals surface area contributed by atoms with Crippen molar-refractivity contribution in [3.8, 4) is 28.7 Å². The van der Waals surface area contributed by atoms with Crippen molar-refractivity contribution < 1.29 is 32.7 Å². The molecular formula is C40H32N5OPt-3. The molecule has 236 valence electrons. The molecule has 0 saturated carbocycles. The molecule has 4 heterocycles. The Hall–Kier alpha value is -4.93. The van der Waals surface area contributed by atoms with Crippen LogP contribution in [-0.4, -0.2) is 21.6 Å². The Labute approximate surface area is 296 Å². The van der Waals surface area contributed by atoms with Gasteiger partial charge in [-0.05, 0) is 65.0 Å². The average molecular weight is 799 g/mol. The minimum Gasteiger partial charge on any atom is -0.504 e. The zero-order valence-electron chi connectivity index (χ0n) is 31.1. The molecule has 47 heavy (non-hydrogen) atoms. The molecular weight excluding hydrogens is 762 g/mol. The molecule has 1 aliphatic heterocycles. The van der Waals surface area contributed by atoms with Crippen molar-refractivity contribution in [2.75, 3.05) is 16.8 Å². The number of rotatable bonds is 5. The molecule has 0 atom stereocenters. The van der Waals surface area contributed by atoms with E-state index in [1.165, 1.54) is 0 Å². The fraction of sp³-hybridized carbons (Fsp3) is 0.125. The van der Waals surface area contributed by atoms with E-state index in [-0.39, 0.29) is 55.7 Å². The molecule has 3 aromatic heterocycles. The first kappa shape index (κ1) is 25.2. The van der Waals surface area contributed by atoms with Crippen molar-refractivity contribution >= 4 is 38.9 Å². The Morgan fingerprint density at radius 1 is 0.851 bits per heavy atom. The van der Waals surface area contributed by atoms with Crippen molar-refractivity contribution in [2.45, 2.75) is 26.2 Å². The predicted molar refractivity (Wildman–Crippen MR) is 186 cm³/mol. The van der Waals surface area contributed by atoms with Crippen molar-refractivity contribution in [3.05, 3.63) is 140 Å². The monoisotopic (exact) mass is 798 g/mol. The summed E-state index contributed by atoms with van der Waals surface area (Å²) in [5.41, 5.74) is 5.26. The van der Waals surface area contributed by atoms with Gasteiger partial charge in [-0.1, -0.05) is 86.8 Å². The summed E-state index contributed by atoms with van der Waals surface area (Å²) in [5.74, 6) is 1.15. The number of fused-ring (bicyclic) bond motifs is 4. The second-order valence-electron chi connectivity index (χ2n) is 12.2. The quantitative estimate of drug-likeness (QED) is 0.163. The smallest absolute Gasteiger partial charge is 0.135 e. The van der Waals surface area contributed by atoms with Crippen LogP contribution >= 0.6 is 0 Å². The molecule has 0 fully saturated rings. The first-order valence-electron chi connectivity index (χ1n) is 17.5. The van der Waals surface area contributed by atoms with Crippen LogP contribution in [0.4, 0.5) is 17.1 Å². The minimum absolute atomic E-state index is 0. The number of hydrogen-bond donors (Lipinski definition) is 0. The van der Waals surface area contributed by atoms with E-state index >= 15 is 0 Å². The van der Waals surface area contributed by atoms with Gasteiger partial charge in [-0.15, -0.1) is 17.5 Å². The number of hydrogen-bond acceptors (Lipinski definition) is 5. The maximum Gasteiger partial charge on any atom is 0.135 e. The van der Waals surface area contributed by atoms with Gasteiger partial charge in [-0.3, -0.25) is 4.98 Å². The van der Waals surface area contributed by atoms with Gasteiger partial charge in [0.2, 0.25) is 0 Å². The summed E-state index contributed by atoms with van der Waals surface area (Å²) < 4.78 is 50.6. The third kappa shape index (κ3) is 5.57. The van der Waals surface area contributed by atoms with Gasteiger partial charge in [0.15, 0.2) is 0 Å². The first-order valence-corrected chi connectivity index (χ1v) is 15.0. The standard InChI is InChI=1S/C40H32N5O.Pt/c1-40(2,3)28-20-21-41-38(22-28)45-34-15-9-8-14-31(34)32-19-18-30(25-37(32)45)46-39-24-29(23-33(42-39)27-12-6-5-7-13-27)44-26-43(4)35-16-10-11-17-36(35)44;/h5-23,26H,1-4H3;/q-3;/i5D,6D,7D,12D,13D;. The van der Waals surface area contributed by atoms with E-state index in [1.54, 1.807) is 6.07 Å². The number of pyridine rings is 2. The summed E-state index contributed by atoms with van der Waals surface area (Å²) >= 11 is 0. The number of benzene rings is 4. The van der Waals surface area contributed by atoms with Crippen LogP contribution in [-0.2, 0) is 26.5 Å². The molecule has 0 unspecified atom stereocenters. The van der Waals surface area contributed by atoms with Gasteiger partial charge in [-0.25, -0.2) is 4.98 Å². The molecule has 4 aromatic carbocycles. The van der Waals surface area contributed by atoms with Gasteiger partial charge in [-0.2, -0.15) is 30.6 Å². The van der Waals surface area contributed by atoms with Crippen LogP contribution in [0.25, 0.3) is 38.9 Å². The van der Waals surface area contributed by atoms with Crippen LogP contribution < -0.4 is 14.5 Å². The molecule has 8 rings (SSSR count). The van der Waals surface area contributed by atoms with Gasteiger partial charge in [0.25, 0.3) is 0 Å². The Bertz CT molecular complexity index is 2500. The summed E-state index contributed by atoms with van der Waals surface area (Å²) in [6.45, 7) is 8.40. The van der Waals surface area contributed by atoms with Crippen molar-refractivity contribution in [2.24, 2.45) is 0 Å². The summed E-state index contributed by atoms with van der Waals surface area (Å²) in [5, 5.41) is 2.01. The van der Waals surface area contributed by atoms with Crippen LogP contribution in [0.5, 0.6) is 11.6 Å². The second kappa shape index (κ2) is 12.0. The summed E-state index contributed by atoms with van der Waals surface area (Å²) in [4.78, 5) is 13.3. The topological polar surface area (TPSA) is 46.4 Å². The maximum absolute atomic E-state index is 8.69. The summed E-state index contributed by atoms with van der Waals surface area (Å²) in [7, 11) is 1.93. The third-order valence-electron chi connectivity index (χ3n) is 8.16. The first-order chi connectivity index (χ1) is 24.4. The van der Waals surface area contributed by atoms with E-state index in [1.807, 2.05) is 84.3 Å². The van der Waals surface area contributed by atoms with Crippen LogP contribution in [0.1, 0.15) is 33.2 Å². The fourth-order valence-electron chi connectivity index (χ4n) is 5.87. The molecule has 0 spiro atoms. The summed E-state index contributed by atoms with van der Waals surface area (Å²) in [6.07, 6.45) is 1.83. The molecule has 7 aromatic rings. The van der Waals surface area contributed by atoms with Gasteiger partial charge < -0.3 is 19.1 Å². The molecule has 0 saturated heterocycles. The van der Waals surface area contributed by atoms with Gasteiger partial charge >= 0.3 is 0 Å². The van der Waals surface area contributed by atoms with E-state index < -0.39 is 18.1 Å². The van der Waals surface area contributed by atoms with E-state index in [0.717, 1.165) is 44.6 Å². The van der Waals surface area contributed by atoms with Crippen LogP contribution in [0.3, 0.4) is 0 Å². The van der Waals surface area contributed by atoms with Crippen LogP contribution in [0, 0.1) is 18.8 Å². The maximum atomic E-state index is 8.69. The number of ether oxygens (including phenoxy) is 1. The number of para-hydroxylation sites is 3. The van der Waals surface area contributed by atoms with Crippen molar-refractivity contribution in [1.82, 2.24) is 14.5 Å². The molecule has 0 bridgehead atoms. The zero-order valence-corrected chi connectivity index (χ0v) is 28.4. The predicted octanol–water partition coefficient (Wildman–Crippen LogP) is 9.64.